The second-order valence-corrected chi connectivity index (χ2v) is 5.67. The number of carbonyl (C=O) groups is 1. The number of hydrogen-bond donors (Lipinski definition) is 1. The summed E-state index contributed by atoms with van der Waals surface area (Å²) in [5.41, 5.74) is 1.91. The maximum atomic E-state index is 11.2. The second-order valence-electron chi connectivity index (χ2n) is 4.10. The smallest absolute Gasteiger partial charge is 0.336 e. The molecule has 0 aliphatic carbocycles. The van der Waals surface area contributed by atoms with Crippen LogP contribution in [-0.2, 0) is 5.75 Å². The first-order chi connectivity index (χ1) is 8.09. The number of furan rings is 1. The van der Waals surface area contributed by atoms with Gasteiger partial charge in [-0.25, -0.2) is 4.79 Å². The second kappa shape index (κ2) is 4.84. The van der Waals surface area contributed by atoms with Crippen LogP contribution < -0.4 is 0 Å². The number of fused-ring (bicyclic) bond motifs is 1. The molecule has 0 spiro atoms. The predicted octanol–water partition coefficient (Wildman–Crippen LogP) is 3.77. The van der Waals surface area contributed by atoms with E-state index in [0.29, 0.717) is 16.4 Å². The Bertz CT molecular complexity index is 543. The van der Waals surface area contributed by atoms with Gasteiger partial charge in [0.05, 0.1) is 11.8 Å². The Balaban J connectivity index is 2.46. The molecular formula is C13H14O3S. The van der Waals surface area contributed by atoms with E-state index < -0.39 is 5.97 Å². The van der Waals surface area contributed by atoms with Gasteiger partial charge >= 0.3 is 5.97 Å². The van der Waals surface area contributed by atoms with E-state index in [1.807, 2.05) is 0 Å². The molecule has 1 aromatic carbocycles. The molecule has 0 saturated heterocycles. The van der Waals surface area contributed by atoms with Crippen LogP contribution in [0.2, 0.25) is 0 Å². The van der Waals surface area contributed by atoms with Gasteiger partial charge in [-0.05, 0) is 17.4 Å². The fourth-order valence-corrected chi connectivity index (χ4v) is 2.42. The highest BCUT2D eigenvalue weighted by Gasteiger charge is 2.15. The topological polar surface area (TPSA) is 50.4 Å². The molecule has 0 aliphatic heterocycles. The van der Waals surface area contributed by atoms with Crippen LogP contribution in [0, 0.1) is 0 Å². The number of carboxylic acids is 1. The van der Waals surface area contributed by atoms with Crippen molar-refractivity contribution in [2.75, 3.05) is 0 Å². The molecule has 0 saturated carbocycles. The van der Waals surface area contributed by atoms with E-state index in [1.165, 1.54) is 0 Å². The number of hydrogen-bond acceptors (Lipinski definition) is 3. The molecule has 2 rings (SSSR count). The maximum absolute atomic E-state index is 11.2. The lowest BCUT2D eigenvalue weighted by molar-refractivity contribution is 0.0699. The molecule has 2 aromatic rings. The molecule has 1 N–H and O–H groups in total. The minimum Gasteiger partial charge on any atom is -0.478 e. The van der Waals surface area contributed by atoms with Crippen molar-refractivity contribution in [3.8, 4) is 0 Å². The zero-order chi connectivity index (χ0) is 12.4. The number of carboxylic acid groups (broad SMARTS) is 1. The van der Waals surface area contributed by atoms with Gasteiger partial charge in [0.15, 0.2) is 0 Å². The molecule has 3 nitrogen and oxygen atoms in total. The van der Waals surface area contributed by atoms with E-state index >= 15 is 0 Å². The van der Waals surface area contributed by atoms with E-state index in [0.717, 1.165) is 16.7 Å². The first-order valence-corrected chi connectivity index (χ1v) is 6.48. The van der Waals surface area contributed by atoms with E-state index in [4.69, 9.17) is 9.52 Å². The molecule has 0 unspecified atom stereocenters. The summed E-state index contributed by atoms with van der Waals surface area (Å²) in [6.45, 7) is 4.23. The predicted molar refractivity (Wildman–Crippen MR) is 69.6 cm³/mol. The SMILES string of the molecule is CC(C)SCc1coc2cccc(C(=O)O)c12. The van der Waals surface area contributed by atoms with Gasteiger partial charge in [0.1, 0.15) is 5.58 Å². The monoisotopic (exact) mass is 250 g/mol. The van der Waals surface area contributed by atoms with Crippen molar-refractivity contribution in [3.63, 3.8) is 0 Å². The Hall–Kier alpha value is -1.42. The maximum Gasteiger partial charge on any atom is 0.336 e. The van der Waals surface area contributed by atoms with Gasteiger partial charge in [-0.15, -0.1) is 0 Å². The van der Waals surface area contributed by atoms with Gasteiger partial charge in [0, 0.05) is 16.7 Å². The molecule has 17 heavy (non-hydrogen) atoms. The van der Waals surface area contributed by atoms with Crippen molar-refractivity contribution in [2.45, 2.75) is 24.9 Å². The van der Waals surface area contributed by atoms with Crippen LogP contribution in [0.5, 0.6) is 0 Å². The number of rotatable bonds is 4. The van der Waals surface area contributed by atoms with Crippen molar-refractivity contribution >= 4 is 28.7 Å². The first-order valence-electron chi connectivity index (χ1n) is 5.43. The molecule has 4 heteroatoms. The quantitative estimate of drug-likeness (QED) is 0.897. The summed E-state index contributed by atoms with van der Waals surface area (Å²) in [5.74, 6) is -0.137. The van der Waals surface area contributed by atoms with Crippen LogP contribution in [0.4, 0.5) is 0 Å². The van der Waals surface area contributed by atoms with Gasteiger partial charge in [0.25, 0.3) is 0 Å². The minimum atomic E-state index is -0.909. The van der Waals surface area contributed by atoms with E-state index in [-0.39, 0.29) is 0 Å². The van der Waals surface area contributed by atoms with Crippen molar-refractivity contribution in [3.05, 3.63) is 35.6 Å². The fraction of sp³-hybridized carbons (Fsp3) is 0.308. The molecule has 1 heterocycles. The summed E-state index contributed by atoms with van der Waals surface area (Å²) in [6, 6.07) is 5.11. The highest BCUT2D eigenvalue weighted by molar-refractivity contribution is 7.99. The molecule has 1 aromatic heterocycles. The van der Waals surface area contributed by atoms with E-state index in [1.54, 1.807) is 36.2 Å². The van der Waals surface area contributed by atoms with E-state index in [2.05, 4.69) is 13.8 Å². The third kappa shape index (κ3) is 2.47. The van der Waals surface area contributed by atoms with Crippen molar-refractivity contribution in [2.24, 2.45) is 0 Å². The molecule has 0 atom stereocenters. The lowest BCUT2D eigenvalue weighted by atomic mass is 10.1. The number of benzene rings is 1. The van der Waals surface area contributed by atoms with Crippen LogP contribution in [0.1, 0.15) is 29.8 Å². The average molecular weight is 250 g/mol. The number of aromatic carboxylic acids is 1. The van der Waals surface area contributed by atoms with Crippen LogP contribution in [0.25, 0.3) is 11.0 Å². The fourth-order valence-electron chi connectivity index (χ4n) is 1.69. The molecule has 0 radical (unpaired) electrons. The van der Waals surface area contributed by atoms with Gasteiger partial charge < -0.3 is 9.52 Å². The van der Waals surface area contributed by atoms with Gasteiger partial charge in [0.2, 0.25) is 0 Å². The Morgan fingerprint density at radius 3 is 2.88 bits per heavy atom. The summed E-state index contributed by atoms with van der Waals surface area (Å²) in [4.78, 5) is 11.2. The highest BCUT2D eigenvalue weighted by Crippen LogP contribution is 2.29. The molecular weight excluding hydrogens is 236 g/mol. The lowest BCUT2D eigenvalue weighted by Gasteiger charge is -2.04. The van der Waals surface area contributed by atoms with E-state index in [9.17, 15) is 4.79 Å². The summed E-state index contributed by atoms with van der Waals surface area (Å²) in [5, 5.41) is 10.4. The van der Waals surface area contributed by atoms with Crippen LogP contribution >= 0.6 is 11.8 Å². The molecule has 0 fully saturated rings. The van der Waals surface area contributed by atoms with Gasteiger partial charge in [-0.3, -0.25) is 0 Å². The average Bonchev–Trinajstić information content (AvgIpc) is 2.69. The number of thioether (sulfide) groups is 1. The van der Waals surface area contributed by atoms with Crippen molar-refractivity contribution in [1.29, 1.82) is 0 Å². The largest absolute Gasteiger partial charge is 0.478 e. The zero-order valence-corrected chi connectivity index (χ0v) is 10.6. The summed E-state index contributed by atoms with van der Waals surface area (Å²) in [7, 11) is 0. The molecule has 90 valence electrons. The first kappa shape index (κ1) is 12.0. The standard InChI is InChI=1S/C13H14O3S/c1-8(2)17-7-9-6-16-11-5-3-4-10(12(9)11)13(14)15/h3-6,8H,7H2,1-2H3,(H,14,15). The zero-order valence-electron chi connectivity index (χ0n) is 9.77. The Labute approximate surface area is 104 Å². The summed E-state index contributed by atoms with van der Waals surface area (Å²) in [6.07, 6.45) is 1.66. The molecule has 0 bridgehead atoms. The van der Waals surface area contributed by atoms with Crippen molar-refractivity contribution < 1.29 is 14.3 Å². The third-order valence-corrected chi connectivity index (χ3v) is 3.62. The highest BCUT2D eigenvalue weighted by atomic mass is 32.2. The Kier molecular flexibility index (Phi) is 3.43. The lowest BCUT2D eigenvalue weighted by Crippen LogP contribution is -1.98. The third-order valence-electron chi connectivity index (χ3n) is 2.48. The molecule has 0 aliphatic rings. The summed E-state index contributed by atoms with van der Waals surface area (Å²) < 4.78 is 5.40. The van der Waals surface area contributed by atoms with Crippen LogP contribution in [0.15, 0.2) is 28.9 Å². The normalized spacial score (nSPS) is 11.2. The van der Waals surface area contributed by atoms with Crippen LogP contribution in [-0.4, -0.2) is 16.3 Å². The Morgan fingerprint density at radius 2 is 2.24 bits per heavy atom. The summed E-state index contributed by atoms with van der Waals surface area (Å²) >= 11 is 1.77. The minimum absolute atomic E-state index is 0.315. The van der Waals surface area contributed by atoms with Gasteiger partial charge in [-0.2, -0.15) is 11.8 Å². The van der Waals surface area contributed by atoms with Crippen molar-refractivity contribution in [1.82, 2.24) is 0 Å². The molecule has 0 amide bonds. The van der Waals surface area contributed by atoms with Gasteiger partial charge in [-0.1, -0.05) is 19.9 Å². The van der Waals surface area contributed by atoms with Crippen LogP contribution in [0.3, 0.4) is 0 Å². The Morgan fingerprint density at radius 1 is 1.47 bits per heavy atom.